The maximum absolute atomic E-state index is 12.3. The molecule has 0 radical (unpaired) electrons. The molecule has 264 valence electrons. The maximum Gasteiger partial charge on any atom is 0.209 e. The normalized spacial score (nSPS) is 10.6. The van der Waals surface area contributed by atoms with Gasteiger partial charge >= 0.3 is 0 Å². The predicted octanol–water partition coefficient (Wildman–Crippen LogP) is 11.6. The molecule has 4 aromatic rings. The van der Waals surface area contributed by atoms with Crippen molar-refractivity contribution in [3.8, 4) is 22.5 Å². The van der Waals surface area contributed by atoms with Crippen LogP contribution in [-0.2, 0) is 10.1 Å². The number of hydrogen-bond acceptors (Lipinski definition) is 5. The Balaban J connectivity index is 0.00000243. The number of para-hydroxylation sites is 2. The molecule has 0 unspecified atom stereocenters. The van der Waals surface area contributed by atoms with Crippen LogP contribution in [0.2, 0.25) is 0 Å². The molecule has 2 aliphatic rings. The Morgan fingerprint density at radius 3 is 1.78 bits per heavy atom. The average molecular weight is 685 g/mol. The van der Waals surface area contributed by atoms with Crippen LogP contribution in [0.1, 0.15) is 63.8 Å². The fourth-order valence-corrected chi connectivity index (χ4v) is 5.75. The highest BCUT2D eigenvalue weighted by atomic mass is 32.2. The molecule has 1 aliphatic heterocycles. The van der Waals surface area contributed by atoms with Gasteiger partial charge in [-0.2, -0.15) is 4.58 Å². The lowest BCUT2D eigenvalue weighted by Gasteiger charge is -2.22. The standard InChI is InChI=1S/C33H26N2O4S.3C2H6.3CH4/c1-34(23-11-5-3-6-12-23)25-17-19-27-30(21-25)39-31-22-26(35(2)24-13-7-4-8-14-24)18-20-28(31)33(27)29-15-9-10-16-32(29)40(36,37)38;3*1-2;;;/h3-22H,1-2H3;3*1-2H3;3*1H4. The highest BCUT2D eigenvalue weighted by molar-refractivity contribution is 7.85. The third kappa shape index (κ3) is 9.91. The van der Waals surface area contributed by atoms with E-state index in [1.165, 1.54) is 6.07 Å². The molecule has 7 heteroatoms. The van der Waals surface area contributed by atoms with Gasteiger partial charge in [-0.1, -0.05) is 118 Å². The molecule has 6 nitrogen and oxygen atoms in total. The topological polar surface area (TPSA) is 76.6 Å². The minimum Gasteiger partial charge on any atom is -0.744 e. The summed E-state index contributed by atoms with van der Waals surface area (Å²) in [5.41, 5.74) is 5.17. The van der Waals surface area contributed by atoms with Crippen molar-refractivity contribution in [3.05, 3.63) is 127 Å². The zero-order chi connectivity index (χ0) is 33.9. The third-order valence-corrected chi connectivity index (χ3v) is 8.07. The van der Waals surface area contributed by atoms with E-state index in [0.717, 1.165) is 22.4 Å². The molecular formula is C42H56N2O4S. The molecule has 0 fully saturated rings. The summed E-state index contributed by atoms with van der Waals surface area (Å²) >= 11 is 0. The van der Waals surface area contributed by atoms with Gasteiger partial charge in [0.15, 0.2) is 0 Å². The summed E-state index contributed by atoms with van der Waals surface area (Å²) in [5, 5.41) is 1.60. The van der Waals surface area contributed by atoms with E-state index in [9.17, 15) is 13.0 Å². The quantitative estimate of drug-likeness (QED) is 0.103. The molecule has 49 heavy (non-hydrogen) atoms. The fraction of sp³-hybridized carbons (Fsp3) is 0.262. The first-order chi connectivity index (χ1) is 22.3. The lowest BCUT2D eigenvalue weighted by Crippen LogP contribution is -2.21. The Kier molecular flexibility index (Phi) is 18.6. The minimum atomic E-state index is -4.73. The second kappa shape index (κ2) is 20.6. The van der Waals surface area contributed by atoms with Crippen LogP contribution in [0.4, 0.5) is 17.1 Å². The Bertz CT molecular complexity index is 2000. The first kappa shape index (κ1) is 44.3. The first-order valence-electron chi connectivity index (χ1n) is 15.8. The van der Waals surface area contributed by atoms with Crippen LogP contribution in [-0.4, -0.2) is 27.1 Å². The average Bonchev–Trinajstić information content (AvgIpc) is 3.12. The lowest BCUT2D eigenvalue weighted by molar-refractivity contribution is 0.463. The van der Waals surface area contributed by atoms with E-state index in [2.05, 4.69) is 9.48 Å². The van der Waals surface area contributed by atoms with Crippen LogP contribution < -0.4 is 14.8 Å². The highest BCUT2D eigenvalue weighted by Crippen LogP contribution is 2.43. The summed E-state index contributed by atoms with van der Waals surface area (Å²) in [6, 6.07) is 37.9. The Morgan fingerprint density at radius 1 is 0.633 bits per heavy atom. The number of anilines is 2. The Labute approximate surface area is 296 Å². The maximum atomic E-state index is 12.3. The van der Waals surface area contributed by atoms with Crippen molar-refractivity contribution in [2.24, 2.45) is 0 Å². The van der Waals surface area contributed by atoms with Gasteiger partial charge in [-0.15, -0.1) is 0 Å². The van der Waals surface area contributed by atoms with E-state index in [-0.39, 0.29) is 27.2 Å². The van der Waals surface area contributed by atoms with Crippen molar-refractivity contribution < 1.29 is 17.4 Å². The number of fused-ring (bicyclic) bond motifs is 2. The number of benzene rings is 5. The molecule has 1 aliphatic carbocycles. The van der Waals surface area contributed by atoms with Gasteiger partial charge < -0.3 is 13.9 Å². The van der Waals surface area contributed by atoms with Gasteiger partial charge in [0.25, 0.3) is 0 Å². The molecule has 0 aromatic heterocycles. The summed E-state index contributed by atoms with van der Waals surface area (Å²) < 4.78 is 45.5. The van der Waals surface area contributed by atoms with Crippen molar-refractivity contribution in [2.75, 3.05) is 19.0 Å². The van der Waals surface area contributed by atoms with Gasteiger partial charge in [0.05, 0.1) is 11.0 Å². The molecule has 0 atom stereocenters. The SMILES string of the molecule is C.C.C.CC.CC.CC.CN(c1ccccc1)c1ccc2c(-c3ccccc3S(=O)(=O)[O-])c3ccc(=[N+](C)c4ccccc4)cc-3oc2c1. The van der Waals surface area contributed by atoms with Crippen LogP contribution in [0.25, 0.3) is 33.4 Å². The number of rotatable bonds is 5. The fourth-order valence-electron chi connectivity index (χ4n) is 5.07. The summed E-state index contributed by atoms with van der Waals surface area (Å²) in [4.78, 5) is 1.79. The van der Waals surface area contributed by atoms with Crippen molar-refractivity contribution in [1.29, 1.82) is 0 Å². The van der Waals surface area contributed by atoms with Gasteiger partial charge in [-0.3, -0.25) is 0 Å². The van der Waals surface area contributed by atoms with Gasteiger partial charge in [0, 0.05) is 64.8 Å². The first-order valence-corrected chi connectivity index (χ1v) is 17.2. The number of nitrogens with zero attached hydrogens (tertiary/aromatic N) is 2. The molecule has 1 heterocycles. The molecule has 0 saturated carbocycles. The smallest absolute Gasteiger partial charge is 0.209 e. The molecule has 4 aromatic carbocycles. The van der Waals surface area contributed by atoms with Crippen molar-refractivity contribution in [1.82, 2.24) is 4.58 Å². The van der Waals surface area contributed by atoms with Crippen LogP contribution in [0.15, 0.2) is 131 Å². The molecule has 0 N–H and O–H groups in total. The largest absolute Gasteiger partial charge is 0.744 e. The number of hydrogen-bond donors (Lipinski definition) is 0. The second-order valence-corrected chi connectivity index (χ2v) is 10.9. The van der Waals surface area contributed by atoms with Crippen molar-refractivity contribution >= 4 is 38.1 Å². The molecule has 6 rings (SSSR count). The summed E-state index contributed by atoms with van der Waals surface area (Å²) in [5.74, 6) is 0.570. The van der Waals surface area contributed by atoms with Gasteiger partial charge in [-0.25, -0.2) is 8.42 Å². The van der Waals surface area contributed by atoms with E-state index in [0.29, 0.717) is 33.4 Å². The third-order valence-electron chi connectivity index (χ3n) is 7.18. The summed E-state index contributed by atoms with van der Waals surface area (Å²) in [7, 11) is -0.778. The van der Waals surface area contributed by atoms with E-state index in [1.54, 1.807) is 18.2 Å². The van der Waals surface area contributed by atoms with Crippen LogP contribution in [0, 0.1) is 0 Å². The summed E-state index contributed by atoms with van der Waals surface area (Å²) in [6.07, 6.45) is 0. The zero-order valence-corrected chi connectivity index (χ0v) is 28.8. The van der Waals surface area contributed by atoms with Crippen molar-refractivity contribution in [2.45, 2.75) is 68.7 Å². The predicted molar refractivity (Wildman–Crippen MR) is 212 cm³/mol. The molecule has 0 spiro atoms. The monoisotopic (exact) mass is 684 g/mol. The van der Waals surface area contributed by atoms with Crippen LogP contribution >= 0.6 is 0 Å². The minimum absolute atomic E-state index is 0. The molecule has 0 amide bonds. The van der Waals surface area contributed by atoms with E-state index < -0.39 is 10.1 Å². The zero-order valence-electron chi connectivity index (χ0n) is 28.0. The van der Waals surface area contributed by atoms with Crippen LogP contribution in [0.5, 0.6) is 0 Å². The Hall–Kier alpha value is -4.72. The van der Waals surface area contributed by atoms with Gasteiger partial charge in [0.2, 0.25) is 11.0 Å². The van der Waals surface area contributed by atoms with E-state index >= 15 is 0 Å². The van der Waals surface area contributed by atoms with Gasteiger partial charge in [0.1, 0.15) is 28.5 Å². The van der Waals surface area contributed by atoms with E-state index in [4.69, 9.17) is 4.42 Å². The second-order valence-electron chi connectivity index (χ2n) is 9.58. The van der Waals surface area contributed by atoms with E-state index in [1.807, 2.05) is 153 Å². The lowest BCUT2D eigenvalue weighted by atomic mass is 9.93. The van der Waals surface area contributed by atoms with Gasteiger partial charge in [-0.05, 0) is 36.4 Å². The highest BCUT2D eigenvalue weighted by Gasteiger charge is 2.22. The molecule has 0 saturated heterocycles. The Morgan fingerprint density at radius 2 is 1.18 bits per heavy atom. The van der Waals surface area contributed by atoms with Crippen LogP contribution in [0.3, 0.4) is 0 Å². The molecular weight excluding hydrogens is 629 g/mol. The molecule has 0 bridgehead atoms. The van der Waals surface area contributed by atoms with Crippen molar-refractivity contribution in [3.63, 3.8) is 0 Å². The summed E-state index contributed by atoms with van der Waals surface area (Å²) in [6.45, 7) is 12.0.